The van der Waals surface area contributed by atoms with Crippen LogP contribution in [0.15, 0.2) is 91.0 Å². The molecule has 0 aliphatic heterocycles. The molecule has 0 radical (unpaired) electrons. The summed E-state index contributed by atoms with van der Waals surface area (Å²) < 4.78 is 1.59. The van der Waals surface area contributed by atoms with Gasteiger partial charge in [-0.25, -0.2) is 0 Å². The number of aromatic carboxylic acids is 1. The van der Waals surface area contributed by atoms with E-state index >= 15 is 0 Å². The van der Waals surface area contributed by atoms with E-state index in [4.69, 9.17) is 0 Å². The smallest absolute Gasteiger partial charge is 0.216 e. The molecule has 0 bridgehead atoms. The van der Waals surface area contributed by atoms with E-state index in [1.54, 1.807) is 18.2 Å². The second kappa shape index (κ2) is 29.8. The topological polar surface area (TPSA) is 131 Å². The first kappa shape index (κ1) is 50.5. The molecule has 0 amide bonds. The van der Waals surface area contributed by atoms with Crippen molar-refractivity contribution >= 4 is 29.3 Å². The summed E-state index contributed by atoms with van der Waals surface area (Å²) in [4.78, 5) is 53.2. The number of carbonyl (C=O) groups is 5. The molecule has 0 aliphatic rings. The maximum atomic E-state index is 12.2. The predicted octanol–water partition coefficient (Wildman–Crippen LogP) is 6.99. The van der Waals surface area contributed by atoms with Gasteiger partial charge < -0.3 is 28.8 Å². The van der Waals surface area contributed by atoms with Crippen molar-refractivity contribution in [3.63, 3.8) is 0 Å². The fourth-order valence-corrected chi connectivity index (χ4v) is 5.58. The second-order valence-corrected chi connectivity index (χ2v) is 15.2. The molecule has 0 aliphatic carbocycles. The van der Waals surface area contributed by atoms with Gasteiger partial charge in [-0.15, -0.1) is 0 Å². The van der Waals surface area contributed by atoms with Crippen LogP contribution < -0.4 is 10.2 Å². The summed E-state index contributed by atoms with van der Waals surface area (Å²) in [6.45, 7) is 8.80. The molecule has 3 aromatic carbocycles. The van der Waals surface area contributed by atoms with Gasteiger partial charge >= 0.3 is 0 Å². The number of likely N-dealkylation sites (N-methyl/N-ethyl adjacent to an activating group) is 2. The lowest BCUT2D eigenvalue weighted by molar-refractivity contribution is -0.882. The monoisotopic (exact) mass is 761 g/mol. The van der Waals surface area contributed by atoms with E-state index < -0.39 is 17.7 Å². The molecule has 0 saturated carbocycles. The lowest BCUT2D eigenvalue weighted by Gasteiger charge is -2.29. The number of carbonyl (C=O) groups excluding carboxylic acids is 5. The minimum atomic E-state index is -1.63. The Labute approximate surface area is 331 Å². The van der Waals surface area contributed by atoms with E-state index in [-0.39, 0.29) is 17.1 Å². The van der Waals surface area contributed by atoms with E-state index in [0.717, 1.165) is 40.1 Å². The van der Waals surface area contributed by atoms with Crippen molar-refractivity contribution in [1.29, 1.82) is 0 Å². The molecule has 9 nitrogen and oxygen atoms in total. The van der Waals surface area contributed by atoms with E-state index in [2.05, 4.69) is 42.0 Å². The molecule has 0 N–H and O–H groups in total. The fourth-order valence-electron chi connectivity index (χ4n) is 5.58. The van der Waals surface area contributed by atoms with Crippen molar-refractivity contribution in [2.45, 2.75) is 97.8 Å². The summed E-state index contributed by atoms with van der Waals surface area (Å²) >= 11 is 0. The minimum absolute atomic E-state index is 0.220. The quantitative estimate of drug-likeness (QED) is 0.0467. The Morgan fingerprint density at radius 2 is 0.727 bits per heavy atom. The van der Waals surface area contributed by atoms with Crippen molar-refractivity contribution < 1.29 is 43.2 Å². The van der Waals surface area contributed by atoms with E-state index in [1.165, 1.54) is 89.2 Å². The Morgan fingerprint density at radius 1 is 0.455 bits per heavy atom. The van der Waals surface area contributed by atoms with Gasteiger partial charge in [0.25, 0.3) is 0 Å². The van der Waals surface area contributed by atoms with Gasteiger partial charge in [-0.3, -0.25) is 14.4 Å². The molecule has 0 fully saturated rings. The number of unbranched alkanes of at least 4 members (excludes halogenated alkanes) is 10. The van der Waals surface area contributed by atoms with Crippen molar-refractivity contribution in [2.75, 3.05) is 54.4 Å². The number of aliphatic carboxylic acids is 1. The molecule has 9 heteroatoms. The van der Waals surface area contributed by atoms with Crippen molar-refractivity contribution in [1.82, 2.24) is 0 Å². The largest absolute Gasteiger partial charge is 0.545 e. The van der Waals surface area contributed by atoms with Crippen LogP contribution in [0.2, 0.25) is 0 Å². The Hall–Kier alpha value is -4.47. The number of ketones is 3. The van der Waals surface area contributed by atoms with Gasteiger partial charge in [-0.2, -0.15) is 0 Å². The van der Waals surface area contributed by atoms with Crippen LogP contribution in [-0.2, 0) is 9.59 Å². The van der Waals surface area contributed by atoms with E-state index in [1.807, 2.05) is 60.7 Å². The first-order valence-electron chi connectivity index (χ1n) is 19.8. The van der Waals surface area contributed by atoms with Crippen LogP contribution in [0.3, 0.4) is 0 Å². The van der Waals surface area contributed by atoms with Crippen molar-refractivity contribution in [3.8, 4) is 0 Å². The number of hydrogen-bond donors (Lipinski definition) is 0. The second-order valence-electron chi connectivity index (χ2n) is 15.2. The van der Waals surface area contributed by atoms with Gasteiger partial charge in [-0.1, -0.05) is 156 Å². The number of rotatable bonds is 22. The third-order valence-corrected chi connectivity index (χ3v) is 8.87. The number of benzene rings is 3. The zero-order valence-electron chi connectivity index (χ0n) is 34.7. The first-order valence-corrected chi connectivity index (χ1v) is 19.8. The Kier molecular flexibility index (Phi) is 27.4. The Morgan fingerprint density at radius 3 is 0.982 bits per heavy atom. The number of nitrogens with zero attached hydrogens (tertiary/aromatic N) is 2. The molecule has 0 unspecified atom stereocenters. The van der Waals surface area contributed by atoms with Gasteiger partial charge in [0.1, 0.15) is 19.1 Å². The number of carboxylic acid groups (broad SMARTS) is 2. The average molecular weight is 761 g/mol. The van der Waals surface area contributed by atoms with Crippen LogP contribution in [0, 0.1) is 0 Å². The Bertz CT molecular complexity index is 1400. The lowest BCUT2D eigenvalue weighted by atomic mass is 10.1. The van der Waals surface area contributed by atoms with Crippen LogP contribution in [0.5, 0.6) is 0 Å². The molecule has 0 aromatic heterocycles. The third-order valence-electron chi connectivity index (χ3n) is 8.87. The minimum Gasteiger partial charge on any atom is -0.545 e. The summed E-state index contributed by atoms with van der Waals surface area (Å²) in [6.07, 6.45) is 15.7. The SMILES string of the molecule is CC(=O)C(=O)[O-].CCCCCCCC[N+](C)(C)CC(=O)c1ccccc1.CCCCCCCC[N+](C)(C)CC(=O)c1ccccc1.O=C([O-])c1ccccc1. The zero-order valence-corrected chi connectivity index (χ0v) is 34.7. The highest BCUT2D eigenvalue weighted by Crippen LogP contribution is 2.12. The maximum Gasteiger partial charge on any atom is 0.216 e. The number of Topliss-reactive ketones (excluding diaryl/α,β-unsaturated/α-hetero) is 3. The summed E-state index contributed by atoms with van der Waals surface area (Å²) in [5.41, 5.74) is 1.89. The third kappa shape index (κ3) is 27.7. The molecule has 0 atom stereocenters. The van der Waals surface area contributed by atoms with Crippen molar-refractivity contribution in [2.24, 2.45) is 0 Å². The summed E-state index contributed by atoms with van der Waals surface area (Å²) in [5, 5.41) is 19.3. The molecule has 0 saturated heterocycles. The Balaban J connectivity index is 0.000000778. The summed E-state index contributed by atoms with van der Waals surface area (Å²) in [5.74, 6) is -3.19. The van der Waals surface area contributed by atoms with E-state index in [0.29, 0.717) is 13.1 Å². The van der Waals surface area contributed by atoms with Crippen LogP contribution >= 0.6 is 0 Å². The highest BCUT2D eigenvalue weighted by molar-refractivity contribution is 6.30. The molecule has 304 valence electrons. The molecule has 55 heavy (non-hydrogen) atoms. The van der Waals surface area contributed by atoms with Gasteiger partial charge in [0.15, 0.2) is 5.78 Å². The molecular formula is C46H68N2O7. The number of quaternary nitrogens is 2. The fraction of sp³-hybridized carbons (Fsp3) is 0.500. The maximum absolute atomic E-state index is 12.2. The number of carboxylic acids is 2. The summed E-state index contributed by atoms with van der Waals surface area (Å²) in [7, 11) is 8.64. The van der Waals surface area contributed by atoms with Gasteiger partial charge in [0.05, 0.1) is 47.2 Å². The molecule has 3 aromatic rings. The van der Waals surface area contributed by atoms with E-state index in [9.17, 15) is 34.2 Å². The normalized spacial score (nSPS) is 10.7. The predicted molar refractivity (Wildman–Crippen MR) is 218 cm³/mol. The molecule has 3 rings (SSSR count). The van der Waals surface area contributed by atoms with Gasteiger partial charge in [0.2, 0.25) is 11.6 Å². The molecular weight excluding hydrogens is 693 g/mol. The molecule has 0 heterocycles. The molecule has 0 spiro atoms. The van der Waals surface area contributed by atoms with Gasteiger partial charge in [0, 0.05) is 18.1 Å². The standard InChI is InChI=1S/2C18H30NO.C7H6O2.C3H4O3/c2*1-4-5-6-7-8-12-15-19(2,3)16-18(20)17-13-10-9-11-14-17;8-7(9)6-4-2-1-3-5-6;1-2(4)3(5)6/h2*9-11,13-14H,4-8,12,15-16H2,1-3H3;1-5H,(H,8,9);1H3,(H,5,6)/q2*+1;;/p-2. The highest BCUT2D eigenvalue weighted by Gasteiger charge is 2.21. The lowest BCUT2D eigenvalue weighted by Crippen LogP contribution is -2.44. The summed E-state index contributed by atoms with van der Waals surface area (Å²) in [6, 6.07) is 27.3. The first-order chi connectivity index (χ1) is 26.0. The van der Waals surface area contributed by atoms with Crippen LogP contribution in [0.1, 0.15) is 129 Å². The average Bonchev–Trinajstić information content (AvgIpc) is 3.16. The zero-order chi connectivity index (χ0) is 41.5. The van der Waals surface area contributed by atoms with Crippen LogP contribution in [-0.4, -0.2) is 92.6 Å². The van der Waals surface area contributed by atoms with Gasteiger partial charge in [-0.05, 0) is 31.2 Å². The van der Waals surface area contributed by atoms with Crippen LogP contribution in [0.4, 0.5) is 0 Å². The van der Waals surface area contributed by atoms with Crippen LogP contribution in [0.25, 0.3) is 0 Å². The number of hydrogen-bond acceptors (Lipinski definition) is 7. The highest BCUT2D eigenvalue weighted by atomic mass is 16.4. The van der Waals surface area contributed by atoms with Crippen molar-refractivity contribution in [3.05, 3.63) is 108 Å².